The highest BCUT2D eigenvalue weighted by molar-refractivity contribution is 7.91. The number of ether oxygens (including phenoxy) is 1. The molecule has 2 aromatic rings. The lowest BCUT2D eigenvalue weighted by Crippen LogP contribution is -2.47. The second-order valence-corrected chi connectivity index (χ2v) is 14.4. The molecule has 43 heavy (non-hydrogen) atoms. The van der Waals surface area contributed by atoms with Gasteiger partial charge >= 0.3 is 12.3 Å². The predicted octanol–water partition coefficient (Wildman–Crippen LogP) is 6.62. The van der Waals surface area contributed by atoms with Gasteiger partial charge in [0.05, 0.1) is 16.2 Å². The van der Waals surface area contributed by atoms with E-state index in [2.05, 4.69) is 10.6 Å². The number of alkyl halides is 3. The molecule has 1 heterocycles. The number of hydrogen-bond acceptors (Lipinski definition) is 6. The van der Waals surface area contributed by atoms with Gasteiger partial charge in [-0.1, -0.05) is 36.5 Å². The van der Waals surface area contributed by atoms with Crippen LogP contribution in [0, 0.1) is 0 Å². The van der Waals surface area contributed by atoms with Crippen LogP contribution >= 0.6 is 23.2 Å². The summed E-state index contributed by atoms with van der Waals surface area (Å²) in [6.07, 6.45) is -3.15. The largest absolute Gasteiger partial charge is 0.444 e. The van der Waals surface area contributed by atoms with Crippen LogP contribution in [0.1, 0.15) is 74.0 Å². The van der Waals surface area contributed by atoms with Crippen LogP contribution in [0.5, 0.6) is 0 Å². The number of likely N-dealkylation sites (tertiary alicyclic amines) is 1. The average Bonchev–Trinajstić information content (AvgIpc) is 2.90. The number of hydrogen-bond donors (Lipinski definition) is 2. The summed E-state index contributed by atoms with van der Waals surface area (Å²) < 4.78 is 73.1. The van der Waals surface area contributed by atoms with Gasteiger partial charge in [-0.05, 0) is 81.6 Å². The van der Waals surface area contributed by atoms with E-state index in [0.717, 1.165) is 18.9 Å². The van der Waals surface area contributed by atoms with Gasteiger partial charge in [-0.3, -0.25) is 9.69 Å². The molecule has 8 nitrogen and oxygen atoms in total. The molecule has 1 saturated heterocycles. The quantitative estimate of drug-likeness (QED) is 0.312. The van der Waals surface area contributed by atoms with Gasteiger partial charge in [-0.25, -0.2) is 13.2 Å². The first-order valence-corrected chi connectivity index (χ1v) is 16.2. The number of halogens is 5. The normalized spacial score (nSPS) is 16.5. The van der Waals surface area contributed by atoms with Crippen LogP contribution in [0.2, 0.25) is 10.0 Å². The fourth-order valence-corrected chi connectivity index (χ4v) is 6.41. The van der Waals surface area contributed by atoms with Gasteiger partial charge < -0.3 is 15.4 Å². The predicted molar refractivity (Wildman–Crippen MR) is 159 cm³/mol. The maximum absolute atomic E-state index is 14.3. The van der Waals surface area contributed by atoms with Gasteiger partial charge in [0.15, 0.2) is 9.84 Å². The van der Waals surface area contributed by atoms with Gasteiger partial charge in [0.2, 0.25) is 0 Å². The van der Waals surface area contributed by atoms with Crippen LogP contribution in [-0.2, 0) is 33.8 Å². The molecule has 1 fully saturated rings. The molecule has 0 saturated carbocycles. The number of nitrogens with zero attached hydrogens (tertiary/aromatic N) is 1. The highest BCUT2D eigenvalue weighted by Gasteiger charge is 2.37. The zero-order valence-corrected chi connectivity index (χ0v) is 26.7. The van der Waals surface area contributed by atoms with E-state index >= 15 is 0 Å². The monoisotopic (exact) mass is 665 g/mol. The Labute approximate surface area is 260 Å². The van der Waals surface area contributed by atoms with Crippen molar-refractivity contribution in [3.05, 3.63) is 62.6 Å². The summed E-state index contributed by atoms with van der Waals surface area (Å²) in [7, 11) is -3.65. The van der Waals surface area contributed by atoms with Crippen LogP contribution in [-0.4, -0.2) is 55.8 Å². The molecule has 0 bridgehead atoms. The van der Waals surface area contributed by atoms with Gasteiger partial charge in [0.25, 0.3) is 5.91 Å². The Bertz CT molecular complexity index is 1450. The third-order valence-corrected chi connectivity index (χ3v) is 9.33. The van der Waals surface area contributed by atoms with E-state index in [1.165, 1.54) is 31.2 Å². The minimum Gasteiger partial charge on any atom is -0.444 e. The van der Waals surface area contributed by atoms with Crippen molar-refractivity contribution in [2.45, 2.75) is 82.8 Å². The Morgan fingerprint density at radius 1 is 1.07 bits per heavy atom. The Hall–Kier alpha value is -2.54. The van der Waals surface area contributed by atoms with E-state index in [1.807, 2.05) is 4.90 Å². The van der Waals surface area contributed by atoms with Crippen molar-refractivity contribution in [3.63, 3.8) is 0 Å². The topological polar surface area (TPSA) is 105 Å². The van der Waals surface area contributed by atoms with Gasteiger partial charge in [-0.2, -0.15) is 13.2 Å². The molecule has 238 valence electrons. The lowest BCUT2D eigenvalue weighted by atomic mass is 9.98. The summed E-state index contributed by atoms with van der Waals surface area (Å²) in [5, 5.41) is 5.19. The molecule has 14 heteroatoms. The maximum Gasteiger partial charge on any atom is 0.416 e. The van der Waals surface area contributed by atoms with E-state index in [9.17, 15) is 31.2 Å². The average molecular weight is 667 g/mol. The minimum absolute atomic E-state index is 0.0266. The number of alkyl carbamates (subject to hydrolysis) is 1. The highest BCUT2D eigenvalue weighted by Crippen LogP contribution is 2.38. The number of carbonyl (C=O) groups is 2. The lowest BCUT2D eigenvalue weighted by Gasteiger charge is -2.36. The minimum atomic E-state index is -4.81. The molecule has 3 rings (SSSR count). The summed E-state index contributed by atoms with van der Waals surface area (Å²) in [6.45, 7) is 6.93. The van der Waals surface area contributed by atoms with Crippen molar-refractivity contribution < 1.29 is 35.9 Å². The zero-order chi connectivity index (χ0) is 32.2. The molecule has 2 N–H and O–H groups in total. The van der Waals surface area contributed by atoms with Crippen molar-refractivity contribution in [2.75, 3.05) is 18.8 Å². The van der Waals surface area contributed by atoms with Crippen molar-refractivity contribution in [1.82, 2.24) is 15.5 Å². The van der Waals surface area contributed by atoms with E-state index < -0.39 is 39.2 Å². The van der Waals surface area contributed by atoms with Crippen LogP contribution < -0.4 is 10.6 Å². The van der Waals surface area contributed by atoms with Crippen molar-refractivity contribution in [1.29, 1.82) is 0 Å². The Balaban J connectivity index is 1.83. The molecule has 0 aliphatic carbocycles. The lowest BCUT2D eigenvalue weighted by molar-refractivity contribution is -0.138. The fourth-order valence-electron chi connectivity index (χ4n) is 4.82. The third-order valence-electron chi connectivity index (χ3n) is 6.93. The van der Waals surface area contributed by atoms with Crippen LogP contribution in [0.4, 0.5) is 18.0 Å². The van der Waals surface area contributed by atoms with Gasteiger partial charge in [0, 0.05) is 41.3 Å². The number of amides is 2. The molecule has 0 aromatic heterocycles. The third kappa shape index (κ3) is 9.72. The Kier molecular flexibility index (Phi) is 11.4. The Morgan fingerprint density at radius 2 is 1.77 bits per heavy atom. The van der Waals surface area contributed by atoms with Crippen molar-refractivity contribution in [2.24, 2.45) is 0 Å². The number of carbonyl (C=O) groups excluding carboxylic acids is 2. The zero-order valence-electron chi connectivity index (χ0n) is 24.4. The van der Waals surface area contributed by atoms with Gasteiger partial charge in [-0.15, -0.1) is 0 Å². The number of piperidine rings is 1. The first kappa shape index (κ1) is 34.9. The first-order valence-electron chi connectivity index (χ1n) is 13.8. The van der Waals surface area contributed by atoms with Crippen molar-refractivity contribution >= 4 is 45.0 Å². The Morgan fingerprint density at radius 3 is 2.40 bits per heavy atom. The van der Waals surface area contributed by atoms with Crippen LogP contribution in [0.25, 0.3) is 0 Å². The molecular weight excluding hydrogens is 630 g/mol. The maximum atomic E-state index is 14.3. The molecule has 0 radical (unpaired) electrons. The number of rotatable bonds is 9. The summed E-state index contributed by atoms with van der Waals surface area (Å²) in [5.41, 5.74) is -2.04. The van der Waals surface area contributed by atoms with E-state index in [-0.39, 0.29) is 63.1 Å². The van der Waals surface area contributed by atoms with Crippen molar-refractivity contribution in [3.8, 4) is 0 Å². The van der Waals surface area contributed by atoms with E-state index in [0.29, 0.717) is 13.0 Å². The summed E-state index contributed by atoms with van der Waals surface area (Å²) >= 11 is 12.4. The highest BCUT2D eigenvalue weighted by atomic mass is 35.5. The summed E-state index contributed by atoms with van der Waals surface area (Å²) in [6, 6.07) is 5.79. The molecule has 0 unspecified atom stereocenters. The molecule has 1 aliphatic heterocycles. The summed E-state index contributed by atoms with van der Waals surface area (Å²) in [4.78, 5) is 27.0. The fraction of sp³-hybridized carbons (Fsp3) is 0.517. The molecule has 1 atom stereocenters. The van der Waals surface area contributed by atoms with Gasteiger partial charge in [0.1, 0.15) is 5.60 Å². The number of sulfone groups is 1. The number of benzene rings is 2. The standard InChI is InChI=1S/C29H36Cl2F3N3O5S/c1-5-43(40,41)25-10-9-20(30)12-19(25)15-35-26(38)18-13-23(29(32,33)34)22(24(31)14-18)17-37-11-7-6-8-21(37)16-36-27(39)42-28(2,3)4/h9-10,12-14,21H,5-8,11,15-17H2,1-4H3,(H,35,38)(H,36,39)/t21-/m1/s1. The second kappa shape index (κ2) is 14.0. The SMILES string of the molecule is CCS(=O)(=O)c1ccc(Cl)cc1CNC(=O)c1cc(Cl)c(CN2CCCC[C@@H]2CNC(=O)OC(C)(C)C)c(C(F)(F)F)c1. The molecule has 2 aromatic carbocycles. The summed E-state index contributed by atoms with van der Waals surface area (Å²) in [5.74, 6) is -1.05. The van der Waals surface area contributed by atoms with E-state index in [1.54, 1.807) is 20.8 Å². The molecule has 0 spiro atoms. The second-order valence-electron chi connectivity index (χ2n) is 11.3. The molecule has 1 aliphatic rings. The number of nitrogens with one attached hydrogen (secondary N) is 2. The molecule has 2 amide bonds. The van der Waals surface area contributed by atoms with E-state index in [4.69, 9.17) is 27.9 Å². The van der Waals surface area contributed by atoms with Crippen LogP contribution in [0.3, 0.4) is 0 Å². The molecular formula is C29H36Cl2F3N3O5S. The smallest absolute Gasteiger partial charge is 0.416 e. The first-order chi connectivity index (χ1) is 19.9. The van der Waals surface area contributed by atoms with Crippen LogP contribution in [0.15, 0.2) is 35.2 Å².